The van der Waals surface area contributed by atoms with Gasteiger partial charge >= 0.3 is 0 Å². The molecule has 1 nitrogen and oxygen atoms in total. The fraction of sp³-hybridized carbons (Fsp3) is 0.476. The lowest BCUT2D eigenvalue weighted by molar-refractivity contribution is -0.713. The number of rotatable bonds is 6. The van der Waals surface area contributed by atoms with Gasteiger partial charge in [-0.3, -0.25) is 0 Å². The minimum absolute atomic E-state index is 0.540. The van der Waals surface area contributed by atoms with E-state index < -0.39 is 0 Å². The van der Waals surface area contributed by atoms with Crippen LogP contribution in [0.4, 0.5) is 0 Å². The molecular weight excluding hydrogens is 266 g/mol. The summed E-state index contributed by atoms with van der Waals surface area (Å²) in [5.41, 5.74) is 5.58. The van der Waals surface area contributed by atoms with E-state index in [4.69, 9.17) is 0 Å². The van der Waals surface area contributed by atoms with Gasteiger partial charge in [0.1, 0.15) is 6.54 Å². The van der Waals surface area contributed by atoms with E-state index in [9.17, 15) is 0 Å². The van der Waals surface area contributed by atoms with Crippen molar-refractivity contribution >= 4 is 0 Å². The van der Waals surface area contributed by atoms with E-state index in [1.165, 1.54) is 35.4 Å². The summed E-state index contributed by atoms with van der Waals surface area (Å²) in [6, 6.07) is 15.5. The molecule has 1 aromatic heterocycles. The topological polar surface area (TPSA) is 3.88 Å². The Morgan fingerprint density at radius 2 is 1.36 bits per heavy atom. The van der Waals surface area contributed by atoms with Gasteiger partial charge in [-0.1, -0.05) is 71.4 Å². The summed E-state index contributed by atoms with van der Waals surface area (Å²) in [7, 11) is 0. The highest BCUT2D eigenvalue weighted by molar-refractivity contribution is 5.63. The zero-order valence-electron chi connectivity index (χ0n) is 14.8. The Hall–Kier alpha value is -1.63. The highest BCUT2D eigenvalue weighted by Gasteiger charge is 2.23. The highest BCUT2D eigenvalue weighted by Crippen LogP contribution is 2.26. The molecule has 22 heavy (non-hydrogen) atoms. The Labute approximate surface area is 136 Å². The van der Waals surface area contributed by atoms with Crippen LogP contribution in [-0.4, -0.2) is 0 Å². The predicted molar refractivity (Wildman–Crippen MR) is 95.2 cm³/mol. The zero-order valence-corrected chi connectivity index (χ0v) is 14.8. The van der Waals surface area contributed by atoms with E-state index in [0.29, 0.717) is 11.8 Å². The minimum Gasteiger partial charge on any atom is -0.199 e. The van der Waals surface area contributed by atoms with Crippen molar-refractivity contribution in [3.63, 3.8) is 0 Å². The first-order valence-electron chi connectivity index (χ1n) is 8.67. The van der Waals surface area contributed by atoms with Gasteiger partial charge in [-0.25, -0.2) is 0 Å². The Kier molecular flexibility index (Phi) is 5.76. The monoisotopic (exact) mass is 296 g/mol. The Morgan fingerprint density at radius 3 is 1.82 bits per heavy atom. The number of hydrogen-bond acceptors (Lipinski definition) is 0. The summed E-state index contributed by atoms with van der Waals surface area (Å²) in [6.45, 7) is 12.6. The van der Waals surface area contributed by atoms with Crippen LogP contribution in [0.5, 0.6) is 0 Å². The summed E-state index contributed by atoms with van der Waals surface area (Å²) in [5.74, 6) is 1.08. The molecule has 0 amide bonds. The predicted octanol–water partition coefficient (Wildman–Crippen LogP) is 5.69. The average Bonchev–Trinajstić information content (AvgIpc) is 2.52. The normalized spacial score (nSPS) is 11.4. The molecule has 0 saturated carbocycles. The van der Waals surface area contributed by atoms with Crippen LogP contribution in [-0.2, 0) is 6.54 Å². The summed E-state index contributed by atoms with van der Waals surface area (Å²) in [4.78, 5) is 0. The van der Waals surface area contributed by atoms with Gasteiger partial charge < -0.3 is 0 Å². The second-order valence-electron chi connectivity index (χ2n) is 6.77. The largest absolute Gasteiger partial charge is 0.199 e. The zero-order chi connectivity index (χ0) is 16.1. The van der Waals surface area contributed by atoms with E-state index >= 15 is 0 Å². The summed E-state index contributed by atoms with van der Waals surface area (Å²) >= 11 is 0. The molecule has 0 unspecified atom stereocenters. The molecule has 0 spiro atoms. The quantitative estimate of drug-likeness (QED) is 0.603. The minimum atomic E-state index is 0.540. The molecule has 0 fully saturated rings. The van der Waals surface area contributed by atoms with Gasteiger partial charge in [0.2, 0.25) is 0 Å². The molecule has 0 aliphatic heterocycles. The molecule has 0 aliphatic rings. The lowest BCUT2D eigenvalue weighted by Gasteiger charge is -2.15. The van der Waals surface area contributed by atoms with E-state index in [1.807, 2.05) is 0 Å². The third-order valence-electron chi connectivity index (χ3n) is 4.26. The van der Waals surface area contributed by atoms with Gasteiger partial charge in [-0.15, -0.1) is 0 Å². The van der Waals surface area contributed by atoms with Crippen LogP contribution in [0.15, 0.2) is 42.5 Å². The molecule has 1 heterocycles. The van der Waals surface area contributed by atoms with Gasteiger partial charge in [-0.05, 0) is 11.1 Å². The third kappa shape index (κ3) is 3.76. The number of pyridine rings is 1. The van der Waals surface area contributed by atoms with Crippen molar-refractivity contribution in [2.24, 2.45) is 0 Å². The molecule has 0 atom stereocenters. The van der Waals surface area contributed by atoms with Crippen molar-refractivity contribution in [1.29, 1.82) is 0 Å². The van der Waals surface area contributed by atoms with Gasteiger partial charge in [0.15, 0.2) is 11.4 Å². The summed E-state index contributed by atoms with van der Waals surface area (Å²) in [5, 5.41) is 0. The molecule has 0 aliphatic carbocycles. The molecule has 1 heteroatoms. The Bertz CT molecular complexity index is 568. The number of hydrogen-bond donors (Lipinski definition) is 0. The third-order valence-corrected chi connectivity index (χ3v) is 4.26. The van der Waals surface area contributed by atoms with E-state index in [1.54, 1.807) is 0 Å². The van der Waals surface area contributed by atoms with E-state index in [-0.39, 0.29) is 0 Å². The molecule has 0 radical (unpaired) electrons. The molecular formula is C21H30N+. The first-order valence-corrected chi connectivity index (χ1v) is 8.67. The fourth-order valence-corrected chi connectivity index (χ4v) is 2.99. The van der Waals surface area contributed by atoms with Gasteiger partial charge in [0.05, 0.1) is 0 Å². The van der Waals surface area contributed by atoms with Gasteiger partial charge in [0.25, 0.3) is 0 Å². The van der Waals surface area contributed by atoms with Gasteiger partial charge in [0, 0.05) is 30.4 Å². The number of nitrogens with zero attached hydrogens (tertiary/aromatic N) is 1. The van der Waals surface area contributed by atoms with Crippen molar-refractivity contribution in [1.82, 2.24) is 0 Å². The smallest absolute Gasteiger partial charge is 0.184 e. The van der Waals surface area contributed by atoms with Crippen LogP contribution in [0.2, 0.25) is 0 Å². The van der Waals surface area contributed by atoms with E-state index in [0.717, 1.165) is 6.54 Å². The summed E-state index contributed by atoms with van der Waals surface area (Å²) < 4.78 is 2.56. The van der Waals surface area contributed by atoms with E-state index in [2.05, 4.69) is 81.7 Å². The second-order valence-corrected chi connectivity index (χ2v) is 6.77. The Morgan fingerprint density at radius 1 is 0.818 bits per heavy atom. The molecule has 118 valence electrons. The molecule has 2 rings (SSSR count). The van der Waals surface area contributed by atoms with Crippen molar-refractivity contribution < 1.29 is 4.57 Å². The maximum absolute atomic E-state index is 2.56. The maximum atomic E-state index is 2.56. The van der Waals surface area contributed by atoms with Crippen LogP contribution < -0.4 is 4.57 Å². The van der Waals surface area contributed by atoms with Gasteiger partial charge in [-0.2, -0.15) is 4.57 Å². The fourth-order valence-electron chi connectivity index (χ4n) is 2.99. The SMILES string of the molecule is CCCC[n+]1c(C(C)C)cc(-c2ccccc2)cc1C(C)C. The molecule has 0 N–H and O–H groups in total. The molecule has 1 aromatic carbocycles. The van der Waals surface area contributed by atoms with Crippen LogP contribution in [0.1, 0.15) is 70.7 Å². The van der Waals surface area contributed by atoms with Crippen LogP contribution >= 0.6 is 0 Å². The summed E-state index contributed by atoms with van der Waals surface area (Å²) in [6.07, 6.45) is 2.48. The number of benzene rings is 1. The van der Waals surface area contributed by atoms with Crippen molar-refractivity contribution in [2.75, 3.05) is 0 Å². The lowest BCUT2D eigenvalue weighted by Crippen LogP contribution is -2.44. The number of unbranched alkanes of at least 4 members (excludes halogenated alkanes) is 1. The van der Waals surface area contributed by atoms with Crippen LogP contribution in [0.3, 0.4) is 0 Å². The highest BCUT2D eigenvalue weighted by atomic mass is 15.0. The van der Waals surface area contributed by atoms with Crippen molar-refractivity contribution in [3.8, 4) is 11.1 Å². The molecule has 0 saturated heterocycles. The Balaban J connectivity index is 2.59. The van der Waals surface area contributed by atoms with Crippen molar-refractivity contribution in [3.05, 3.63) is 53.9 Å². The average molecular weight is 296 g/mol. The molecule has 0 bridgehead atoms. The standard InChI is InChI=1S/C21H30N/c1-6-7-13-22-20(16(2)3)14-19(15-21(22)17(4)5)18-11-9-8-10-12-18/h8-12,14-17H,6-7,13H2,1-5H3/q+1. The maximum Gasteiger partial charge on any atom is 0.184 e. The molecule has 2 aromatic rings. The van der Waals surface area contributed by atoms with Crippen LogP contribution in [0.25, 0.3) is 11.1 Å². The second kappa shape index (κ2) is 7.58. The first-order chi connectivity index (χ1) is 10.5. The number of aromatic nitrogens is 1. The lowest BCUT2D eigenvalue weighted by atomic mass is 9.97. The first kappa shape index (κ1) is 16.7. The van der Waals surface area contributed by atoms with Crippen LogP contribution in [0, 0.1) is 0 Å². The van der Waals surface area contributed by atoms with Crippen molar-refractivity contribution in [2.45, 2.75) is 65.8 Å².